The van der Waals surface area contributed by atoms with E-state index in [-0.39, 0.29) is 17.8 Å². The quantitative estimate of drug-likeness (QED) is 0.628. The second-order valence-corrected chi connectivity index (χ2v) is 6.05. The zero-order valence-corrected chi connectivity index (χ0v) is 12.4. The Bertz CT molecular complexity index is 483. The largest absolute Gasteiger partial charge is 0.386 e. The molecule has 0 radical (unpaired) electrons. The SMILES string of the molecule is CC(C)NC(=O)c1c(N)nsc1NCC1(O)CCOC1. The van der Waals surface area contributed by atoms with Crippen molar-refractivity contribution in [2.75, 3.05) is 30.8 Å². The van der Waals surface area contributed by atoms with E-state index in [9.17, 15) is 9.90 Å². The molecule has 1 aliphatic heterocycles. The smallest absolute Gasteiger partial charge is 0.258 e. The molecule has 1 fully saturated rings. The molecule has 1 atom stereocenters. The molecule has 1 aromatic rings. The van der Waals surface area contributed by atoms with Gasteiger partial charge in [-0.05, 0) is 25.4 Å². The number of amides is 1. The summed E-state index contributed by atoms with van der Waals surface area (Å²) in [6.07, 6.45) is 0.571. The fraction of sp³-hybridized carbons (Fsp3) is 0.667. The molecule has 1 aliphatic rings. The van der Waals surface area contributed by atoms with Crippen LogP contribution in [0.15, 0.2) is 0 Å². The number of hydrogen-bond acceptors (Lipinski definition) is 7. The Hall–Kier alpha value is -1.38. The van der Waals surface area contributed by atoms with Crippen molar-refractivity contribution in [3.63, 3.8) is 0 Å². The third kappa shape index (κ3) is 3.38. The van der Waals surface area contributed by atoms with Crippen molar-refractivity contribution in [2.45, 2.75) is 31.9 Å². The number of nitrogens with one attached hydrogen (secondary N) is 2. The highest BCUT2D eigenvalue weighted by Gasteiger charge is 2.32. The molecule has 0 spiro atoms. The second kappa shape index (κ2) is 5.94. The number of aliphatic hydroxyl groups is 1. The van der Waals surface area contributed by atoms with E-state index in [2.05, 4.69) is 15.0 Å². The summed E-state index contributed by atoms with van der Waals surface area (Å²) in [6, 6.07) is 0.0158. The normalized spacial score (nSPS) is 22.2. The van der Waals surface area contributed by atoms with Gasteiger partial charge in [0.2, 0.25) is 0 Å². The fourth-order valence-electron chi connectivity index (χ4n) is 1.96. The molecule has 112 valence electrons. The maximum atomic E-state index is 12.1. The Morgan fingerprint density at radius 1 is 1.65 bits per heavy atom. The van der Waals surface area contributed by atoms with Crippen molar-refractivity contribution in [1.82, 2.24) is 9.69 Å². The standard InChI is InChI=1S/C12H20N4O3S/c1-7(2)15-10(17)8-9(13)16-20-11(8)14-5-12(18)3-4-19-6-12/h7,14,18H,3-6H2,1-2H3,(H2,13,16)(H,15,17). The molecule has 0 saturated carbocycles. The van der Waals surface area contributed by atoms with Crippen LogP contribution in [0.4, 0.5) is 10.8 Å². The predicted octanol–water partition coefficient (Wildman–Crippen LogP) is 0.427. The topological polar surface area (TPSA) is 110 Å². The highest BCUT2D eigenvalue weighted by molar-refractivity contribution is 7.11. The number of carbonyl (C=O) groups excluding carboxylic acids is 1. The average Bonchev–Trinajstić information content (AvgIpc) is 2.93. The van der Waals surface area contributed by atoms with Gasteiger partial charge in [-0.3, -0.25) is 4.79 Å². The number of nitrogens with two attached hydrogens (primary N) is 1. The highest BCUT2D eigenvalue weighted by Crippen LogP contribution is 2.28. The fourth-order valence-corrected chi connectivity index (χ4v) is 2.66. The Morgan fingerprint density at radius 2 is 2.40 bits per heavy atom. The van der Waals surface area contributed by atoms with Crippen LogP contribution in [0.1, 0.15) is 30.6 Å². The van der Waals surface area contributed by atoms with Crippen molar-refractivity contribution >= 4 is 28.3 Å². The minimum atomic E-state index is -0.898. The van der Waals surface area contributed by atoms with E-state index < -0.39 is 5.60 Å². The molecule has 0 aliphatic carbocycles. The summed E-state index contributed by atoms with van der Waals surface area (Å²) in [5.41, 5.74) is 5.19. The second-order valence-electron chi connectivity index (χ2n) is 5.28. The zero-order chi connectivity index (χ0) is 14.8. The minimum Gasteiger partial charge on any atom is -0.386 e. The lowest BCUT2D eigenvalue weighted by Crippen LogP contribution is -2.37. The van der Waals surface area contributed by atoms with Crippen molar-refractivity contribution in [2.24, 2.45) is 0 Å². The summed E-state index contributed by atoms with van der Waals surface area (Å²) in [5.74, 6) is -0.0614. The van der Waals surface area contributed by atoms with E-state index in [1.807, 2.05) is 13.8 Å². The Balaban J connectivity index is 2.06. The van der Waals surface area contributed by atoms with Gasteiger partial charge >= 0.3 is 0 Å². The van der Waals surface area contributed by atoms with Crippen molar-refractivity contribution in [3.8, 4) is 0 Å². The third-order valence-corrected chi connectivity index (χ3v) is 3.84. The molecule has 0 bridgehead atoms. The maximum Gasteiger partial charge on any atom is 0.258 e. The van der Waals surface area contributed by atoms with Gasteiger partial charge in [-0.1, -0.05) is 0 Å². The molecule has 0 aromatic carbocycles. The van der Waals surface area contributed by atoms with Crippen LogP contribution in [0, 0.1) is 0 Å². The monoisotopic (exact) mass is 300 g/mol. The van der Waals surface area contributed by atoms with Crippen LogP contribution in [0.2, 0.25) is 0 Å². The Kier molecular flexibility index (Phi) is 4.46. The van der Waals surface area contributed by atoms with Gasteiger partial charge in [0.1, 0.15) is 16.2 Å². The van der Waals surface area contributed by atoms with Crippen molar-refractivity contribution in [1.29, 1.82) is 0 Å². The predicted molar refractivity (Wildman–Crippen MR) is 78.0 cm³/mol. The van der Waals surface area contributed by atoms with Crippen LogP contribution in [0.25, 0.3) is 0 Å². The van der Waals surface area contributed by atoms with E-state index >= 15 is 0 Å². The van der Waals surface area contributed by atoms with Crippen LogP contribution in [-0.4, -0.2) is 46.8 Å². The minimum absolute atomic E-state index is 0.0158. The van der Waals surface area contributed by atoms with E-state index in [4.69, 9.17) is 10.5 Å². The summed E-state index contributed by atoms with van der Waals surface area (Å²) in [7, 11) is 0. The summed E-state index contributed by atoms with van der Waals surface area (Å²) >= 11 is 1.11. The van der Waals surface area contributed by atoms with Crippen LogP contribution < -0.4 is 16.4 Å². The molecule has 1 amide bonds. The lowest BCUT2D eigenvalue weighted by Gasteiger charge is -2.21. The van der Waals surface area contributed by atoms with Crippen molar-refractivity contribution in [3.05, 3.63) is 5.56 Å². The van der Waals surface area contributed by atoms with E-state index in [0.29, 0.717) is 36.7 Å². The van der Waals surface area contributed by atoms with E-state index in [0.717, 1.165) is 11.5 Å². The van der Waals surface area contributed by atoms with Gasteiger partial charge in [-0.15, -0.1) is 0 Å². The van der Waals surface area contributed by atoms with Crippen LogP contribution in [0.5, 0.6) is 0 Å². The molecule has 2 heterocycles. The molecule has 20 heavy (non-hydrogen) atoms. The number of nitrogens with zero attached hydrogens (tertiary/aromatic N) is 1. The van der Waals surface area contributed by atoms with Gasteiger partial charge in [0, 0.05) is 25.6 Å². The summed E-state index contributed by atoms with van der Waals surface area (Å²) in [5, 5.41) is 16.6. The Labute approximate surface area is 121 Å². The summed E-state index contributed by atoms with van der Waals surface area (Å²) < 4.78 is 9.17. The van der Waals surface area contributed by atoms with Crippen LogP contribution >= 0.6 is 11.5 Å². The lowest BCUT2D eigenvalue weighted by atomic mass is 10.0. The molecule has 1 unspecified atom stereocenters. The number of aromatic nitrogens is 1. The van der Waals surface area contributed by atoms with Gasteiger partial charge in [-0.2, -0.15) is 4.37 Å². The molecular formula is C12H20N4O3S. The molecule has 7 nitrogen and oxygen atoms in total. The molecule has 1 aromatic heterocycles. The van der Waals surface area contributed by atoms with Gasteiger partial charge < -0.3 is 26.2 Å². The lowest BCUT2D eigenvalue weighted by molar-refractivity contribution is 0.0382. The van der Waals surface area contributed by atoms with Crippen molar-refractivity contribution < 1.29 is 14.6 Å². The van der Waals surface area contributed by atoms with Crippen LogP contribution in [-0.2, 0) is 4.74 Å². The first-order valence-corrected chi connectivity index (χ1v) is 7.29. The van der Waals surface area contributed by atoms with Gasteiger partial charge in [-0.25, -0.2) is 0 Å². The average molecular weight is 300 g/mol. The molecule has 8 heteroatoms. The number of hydrogen-bond donors (Lipinski definition) is 4. The van der Waals surface area contributed by atoms with Gasteiger partial charge in [0.15, 0.2) is 5.82 Å². The molecular weight excluding hydrogens is 280 g/mol. The first-order valence-electron chi connectivity index (χ1n) is 6.51. The first kappa shape index (κ1) is 15.0. The molecule has 5 N–H and O–H groups in total. The zero-order valence-electron chi connectivity index (χ0n) is 11.6. The summed E-state index contributed by atoms with van der Waals surface area (Å²) in [4.78, 5) is 12.1. The van der Waals surface area contributed by atoms with E-state index in [1.165, 1.54) is 0 Å². The molecule has 2 rings (SSSR count). The number of anilines is 2. The molecule has 1 saturated heterocycles. The maximum absolute atomic E-state index is 12.1. The highest BCUT2D eigenvalue weighted by atomic mass is 32.1. The number of nitrogen functional groups attached to an aromatic ring is 1. The van der Waals surface area contributed by atoms with Gasteiger partial charge in [0.05, 0.1) is 6.61 Å². The number of carbonyl (C=O) groups is 1. The van der Waals surface area contributed by atoms with Gasteiger partial charge in [0.25, 0.3) is 5.91 Å². The third-order valence-electron chi connectivity index (χ3n) is 3.03. The number of ether oxygens (including phenoxy) is 1. The summed E-state index contributed by atoms with van der Waals surface area (Å²) in [6.45, 7) is 4.89. The van der Waals surface area contributed by atoms with Crippen LogP contribution in [0.3, 0.4) is 0 Å². The number of rotatable bonds is 5. The Morgan fingerprint density at radius 3 is 3.00 bits per heavy atom. The van der Waals surface area contributed by atoms with E-state index in [1.54, 1.807) is 0 Å². The first-order chi connectivity index (χ1) is 9.41.